The number of nitrogens with one attached hydrogen (secondary N) is 2. The Morgan fingerprint density at radius 2 is 2.04 bits per heavy atom. The fraction of sp³-hybridized carbons (Fsp3) is 0.474. The average molecular weight is 345 g/mol. The first-order valence-electron chi connectivity index (χ1n) is 8.45. The summed E-state index contributed by atoms with van der Waals surface area (Å²) in [4.78, 5) is 8.94. The first kappa shape index (κ1) is 18.5. The van der Waals surface area contributed by atoms with E-state index < -0.39 is 0 Å². The Balaban J connectivity index is 1.83. The van der Waals surface area contributed by atoms with E-state index in [9.17, 15) is 0 Å². The maximum atomic E-state index is 4.64. The van der Waals surface area contributed by atoms with Gasteiger partial charge in [-0.15, -0.1) is 11.3 Å². The second-order valence-electron chi connectivity index (χ2n) is 6.45. The van der Waals surface area contributed by atoms with Crippen LogP contribution in [-0.4, -0.2) is 24.5 Å². The zero-order valence-electron chi connectivity index (χ0n) is 15.3. The van der Waals surface area contributed by atoms with Crippen LogP contribution in [-0.2, 0) is 6.54 Å². The number of rotatable bonds is 6. The van der Waals surface area contributed by atoms with E-state index in [-0.39, 0.29) is 0 Å². The fourth-order valence-electron chi connectivity index (χ4n) is 2.41. The molecule has 0 spiro atoms. The lowest BCUT2D eigenvalue weighted by molar-refractivity contribution is 0.696. The van der Waals surface area contributed by atoms with E-state index >= 15 is 0 Å². The smallest absolute Gasteiger partial charge is 0.191 e. The number of nitrogens with zero attached hydrogens (tertiary/aromatic N) is 2. The van der Waals surface area contributed by atoms with Crippen molar-refractivity contribution in [1.82, 2.24) is 15.6 Å². The van der Waals surface area contributed by atoms with Crippen molar-refractivity contribution in [2.45, 2.75) is 46.1 Å². The van der Waals surface area contributed by atoms with Gasteiger partial charge in [-0.1, -0.05) is 50.6 Å². The first-order chi connectivity index (χ1) is 11.5. The van der Waals surface area contributed by atoms with Crippen LogP contribution < -0.4 is 10.6 Å². The molecule has 0 radical (unpaired) electrons. The van der Waals surface area contributed by atoms with E-state index in [0.29, 0.717) is 18.4 Å². The molecule has 0 saturated heterocycles. The minimum Gasteiger partial charge on any atom is -0.356 e. The van der Waals surface area contributed by atoms with Crippen LogP contribution in [0.2, 0.25) is 0 Å². The largest absolute Gasteiger partial charge is 0.356 e. The quantitative estimate of drug-likeness (QED) is 0.614. The molecular weight excluding hydrogens is 316 g/mol. The number of guanidine groups is 1. The van der Waals surface area contributed by atoms with E-state index in [4.69, 9.17) is 0 Å². The Morgan fingerprint density at radius 3 is 2.67 bits per heavy atom. The third kappa shape index (κ3) is 5.34. The summed E-state index contributed by atoms with van der Waals surface area (Å²) in [5.41, 5.74) is 3.71. The minimum atomic E-state index is 0.426. The number of aryl methyl sites for hydroxylation is 1. The van der Waals surface area contributed by atoms with Crippen molar-refractivity contribution in [2.24, 2.45) is 4.99 Å². The molecule has 5 heteroatoms. The molecule has 2 N–H and O–H groups in total. The van der Waals surface area contributed by atoms with Crippen LogP contribution in [0.3, 0.4) is 0 Å². The highest BCUT2D eigenvalue weighted by molar-refractivity contribution is 7.09. The monoisotopic (exact) mass is 344 g/mol. The predicted molar refractivity (Wildman–Crippen MR) is 104 cm³/mol. The van der Waals surface area contributed by atoms with Crippen LogP contribution in [0.15, 0.2) is 34.6 Å². The number of thiazole rings is 1. The number of hydrogen-bond acceptors (Lipinski definition) is 3. The molecule has 0 amide bonds. The molecule has 0 bridgehead atoms. The lowest BCUT2D eigenvalue weighted by Crippen LogP contribution is -2.38. The molecule has 0 saturated carbocycles. The molecule has 4 nitrogen and oxygen atoms in total. The van der Waals surface area contributed by atoms with Crippen molar-refractivity contribution in [3.63, 3.8) is 0 Å². The maximum absolute atomic E-state index is 4.64. The van der Waals surface area contributed by atoms with Gasteiger partial charge in [-0.25, -0.2) is 4.98 Å². The fourth-order valence-corrected chi connectivity index (χ4v) is 3.24. The molecule has 24 heavy (non-hydrogen) atoms. The van der Waals surface area contributed by atoms with Gasteiger partial charge in [-0.05, 0) is 18.4 Å². The van der Waals surface area contributed by atoms with Crippen LogP contribution in [0.1, 0.15) is 54.4 Å². The SMILES string of the molecule is CN=C(NCc1csc(C(C)C)n1)NCC(C)c1cccc(C)c1. The Kier molecular flexibility index (Phi) is 6.79. The van der Waals surface area contributed by atoms with Gasteiger partial charge in [-0.2, -0.15) is 0 Å². The summed E-state index contributed by atoms with van der Waals surface area (Å²) in [7, 11) is 1.80. The standard InChI is InChI=1S/C19H28N4S/c1-13(2)18-23-17(12-24-18)11-22-19(20-5)21-10-15(4)16-8-6-7-14(3)9-16/h6-9,12-13,15H,10-11H2,1-5H3,(H2,20,21,22). The van der Waals surface area contributed by atoms with Crippen molar-refractivity contribution < 1.29 is 0 Å². The predicted octanol–water partition coefficient (Wildman–Crippen LogP) is 4.04. The number of aliphatic imine (C=N–C) groups is 1. The number of hydrogen-bond donors (Lipinski definition) is 2. The minimum absolute atomic E-state index is 0.426. The second kappa shape index (κ2) is 8.83. The molecule has 0 fully saturated rings. The second-order valence-corrected chi connectivity index (χ2v) is 7.34. The van der Waals surface area contributed by atoms with Crippen molar-refractivity contribution in [1.29, 1.82) is 0 Å². The van der Waals surface area contributed by atoms with Gasteiger partial charge in [-0.3, -0.25) is 4.99 Å². The van der Waals surface area contributed by atoms with Gasteiger partial charge in [0, 0.05) is 24.9 Å². The van der Waals surface area contributed by atoms with Crippen LogP contribution in [0.4, 0.5) is 0 Å². The Morgan fingerprint density at radius 1 is 1.25 bits per heavy atom. The third-order valence-electron chi connectivity index (χ3n) is 3.91. The molecule has 1 heterocycles. The van der Waals surface area contributed by atoms with Gasteiger partial charge < -0.3 is 10.6 Å². The van der Waals surface area contributed by atoms with Gasteiger partial charge in [0.1, 0.15) is 0 Å². The molecular formula is C19H28N4S. The molecule has 0 aliphatic carbocycles. The first-order valence-corrected chi connectivity index (χ1v) is 9.33. The molecule has 1 aromatic heterocycles. The summed E-state index contributed by atoms with van der Waals surface area (Å²) < 4.78 is 0. The summed E-state index contributed by atoms with van der Waals surface area (Å²) in [5.74, 6) is 1.72. The van der Waals surface area contributed by atoms with E-state index in [2.05, 4.69) is 78.0 Å². The van der Waals surface area contributed by atoms with Gasteiger partial charge >= 0.3 is 0 Å². The maximum Gasteiger partial charge on any atom is 0.191 e. The molecule has 1 unspecified atom stereocenters. The molecule has 1 atom stereocenters. The van der Waals surface area contributed by atoms with Crippen LogP contribution >= 0.6 is 11.3 Å². The normalized spacial score (nSPS) is 13.2. The van der Waals surface area contributed by atoms with Gasteiger partial charge in [0.15, 0.2) is 5.96 Å². The topological polar surface area (TPSA) is 49.3 Å². The van der Waals surface area contributed by atoms with Crippen LogP contribution in [0.25, 0.3) is 0 Å². The highest BCUT2D eigenvalue weighted by Gasteiger charge is 2.08. The Hall–Kier alpha value is -1.88. The number of aromatic nitrogens is 1. The summed E-state index contributed by atoms with van der Waals surface area (Å²) in [5, 5.41) is 10.0. The van der Waals surface area contributed by atoms with E-state index in [1.54, 1.807) is 18.4 Å². The van der Waals surface area contributed by atoms with E-state index in [0.717, 1.165) is 18.2 Å². The molecule has 2 aromatic rings. The highest BCUT2D eigenvalue weighted by atomic mass is 32.1. The molecule has 0 aliphatic rings. The zero-order chi connectivity index (χ0) is 17.5. The van der Waals surface area contributed by atoms with Crippen molar-refractivity contribution in [2.75, 3.05) is 13.6 Å². The lowest BCUT2D eigenvalue weighted by atomic mass is 9.99. The summed E-state index contributed by atoms with van der Waals surface area (Å²) in [6.07, 6.45) is 0. The lowest BCUT2D eigenvalue weighted by Gasteiger charge is -2.16. The average Bonchev–Trinajstić information content (AvgIpc) is 3.04. The third-order valence-corrected chi connectivity index (χ3v) is 5.10. The molecule has 0 aliphatic heterocycles. The Labute approximate surface area is 149 Å². The van der Waals surface area contributed by atoms with Gasteiger partial charge in [0.05, 0.1) is 17.2 Å². The zero-order valence-corrected chi connectivity index (χ0v) is 16.1. The van der Waals surface area contributed by atoms with Crippen LogP contribution in [0, 0.1) is 6.92 Å². The van der Waals surface area contributed by atoms with Crippen LogP contribution in [0.5, 0.6) is 0 Å². The van der Waals surface area contributed by atoms with E-state index in [1.807, 2.05) is 0 Å². The molecule has 2 rings (SSSR count). The molecule has 130 valence electrons. The van der Waals surface area contributed by atoms with Crippen molar-refractivity contribution in [3.05, 3.63) is 51.5 Å². The van der Waals surface area contributed by atoms with Crippen molar-refractivity contribution in [3.8, 4) is 0 Å². The van der Waals surface area contributed by atoms with Gasteiger partial charge in [0.25, 0.3) is 0 Å². The summed E-state index contributed by atoms with van der Waals surface area (Å²) in [6.45, 7) is 10.2. The number of benzene rings is 1. The summed E-state index contributed by atoms with van der Waals surface area (Å²) >= 11 is 1.72. The molecule has 1 aromatic carbocycles. The summed E-state index contributed by atoms with van der Waals surface area (Å²) in [6, 6.07) is 8.66. The highest BCUT2D eigenvalue weighted by Crippen LogP contribution is 2.19. The van der Waals surface area contributed by atoms with Gasteiger partial charge in [0.2, 0.25) is 0 Å². The Bertz CT molecular complexity index is 676. The van der Waals surface area contributed by atoms with Crippen molar-refractivity contribution >= 4 is 17.3 Å². The van der Waals surface area contributed by atoms with E-state index in [1.165, 1.54) is 16.1 Å².